The SMILES string of the molecule is CNC(C)C(c1nc(Cc2ccccc2F)no1)C(C)C. The number of halogens is 1. The number of likely N-dealkylation sites (N-methyl/N-ethyl adjacent to an activating group) is 1. The lowest BCUT2D eigenvalue weighted by molar-refractivity contribution is 0.284. The van der Waals surface area contributed by atoms with Gasteiger partial charge in [-0.15, -0.1) is 0 Å². The fraction of sp³-hybridized carbons (Fsp3) is 0.500. The Morgan fingerprint density at radius 2 is 1.95 bits per heavy atom. The first-order valence-corrected chi connectivity index (χ1v) is 7.26. The molecule has 0 fully saturated rings. The third kappa shape index (κ3) is 3.67. The molecule has 0 bridgehead atoms. The Morgan fingerprint density at radius 1 is 1.24 bits per heavy atom. The van der Waals surface area contributed by atoms with Gasteiger partial charge in [-0.2, -0.15) is 4.98 Å². The molecule has 1 heterocycles. The molecule has 2 atom stereocenters. The zero-order valence-corrected chi connectivity index (χ0v) is 12.9. The van der Waals surface area contributed by atoms with E-state index in [0.717, 1.165) is 0 Å². The molecule has 0 amide bonds. The van der Waals surface area contributed by atoms with Crippen molar-refractivity contribution in [2.75, 3.05) is 7.05 Å². The molecule has 0 spiro atoms. The molecular weight excluding hydrogens is 269 g/mol. The standard InChI is InChI=1S/C16H22FN3O/c1-10(2)15(11(3)18-4)16-19-14(20-21-16)9-12-7-5-6-8-13(12)17/h5-8,10-11,15,18H,9H2,1-4H3. The van der Waals surface area contributed by atoms with Gasteiger partial charge < -0.3 is 9.84 Å². The first-order valence-electron chi connectivity index (χ1n) is 7.26. The Kier molecular flexibility index (Phi) is 5.07. The first-order chi connectivity index (χ1) is 10.0. The minimum Gasteiger partial charge on any atom is -0.339 e. The van der Waals surface area contributed by atoms with Gasteiger partial charge in [0.15, 0.2) is 5.82 Å². The number of rotatable bonds is 6. The predicted molar refractivity (Wildman–Crippen MR) is 79.6 cm³/mol. The lowest BCUT2D eigenvalue weighted by Gasteiger charge is -2.23. The second-order valence-electron chi connectivity index (χ2n) is 5.66. The molecule has 0 aliphatic heterocycles. The van der Waals surface area contributed by atoms with E-state index in [2.05, 4.69) is 36.2 Å². The average Bonchev–Trinajstić information content (AvgIpc) is 2.89. The maximum Gasteiger partial charge on any atom is 0.231 e. The summed E-state index contributed by atoms with van der Waals surface area (Å²) in [6, 6.07) is 6.88. The van der Waals surface area contributed by atoms with Gasteiger partial charge in [0, 0.05) is 12.5 Å². The van der Waals surface area contributed by atoms with Gasteiger partial charge in [-0.3, -0.25) is 0 Å². The largest absolute Gasteiger partial charge is 0.339 e. The minimum atomic E-state index is -0.243. The van der Waals surface area contributed by atoms with Crippen LogP contribution in [0.25, 0.3) is 0 Å². The highest BCUT2D eigenvalue weighted by Crippen LogP contribution is 2.27. The molecule has 0 radical (unpaired) electrons. The average molecular weight is 291 g/mol. The van der Waals surface area contributed by atoms with E-state index in [1.807, 2.05) is 7.05 Å². The molecule has 1 aromatic heterocycles. The molecule has 0 aliphatic carbocycles. The van der Waals surface area contributed by atoms with E-state index in [4.69, 9.17) is 4.52 Å². The Balaban J connectivity index is 2.19. The zero-order valence-electron chi connectivity index (χ0n) is 12.9. The van der Waals surface area contributed by atoms with Crippen molar-refractivity contribution in [1.29, 1.82) is 0 Å². The van der Waals surface area contributed by atoms with E-state index in [9.17, 15) is 4.39 Å². The number of nitrogens with one attached hydrogen (secondary N) is 1. The lowest BCUT2D eigenvalue weighted by Crippen LogP contribution is -2.32. The molecular formula is C16H22FN3O. The van der Waals surface area contributed by atoms with Crippen molar-refractivity contribution in [3.05, 3.63) is 47.4 Å². The quantitative estimate of drug-likeness (QED) is 0.888. The maximum atomic E-state index is 13.7. The molecule has 5 heteroatoms. The minimum absolute atomic E-state index is 0.136. The van der Waals surface area contributed by atoms with Gasteiger partial charge in [-0.25, -0.2) is 4.39 Å². The summed E-state index contributed by atoms with van der Waals surface area (Å²) in [5, 5.41) is 7.22. The van der Waals surface area contributed by atoms with Crippen molar-refractivity contribution >= 4 is 0 Å². The Morgan fingerprint density at radius 3 is 2.57 bits per heavy atom. The monoisotopic (exact) mass is 291 g/mol. The summed E-state index contributed by atoms with van der Waals surface area (Å²) in [4.78, 5) is 4.45. The Hall–Kier alpha value is -1.75. The highest BCUT2D eigenvalue weighted by molar-refractivity contribution is 5.20. The van der Waals surface area contributed by atoms with Gasteiger partial charge in [-0.1, -0.05) is 37.2 Å². The molecule has 2 rings (SSSR count). The smallest absolute Gasteiger partial charge is 0.231 e. The number of nitrogens with zero attached hydrogens (tertiary/aromatic N) is 2. The van der Waals surface area contributed by atoms with Crippen LogP contribution in [0.1, 0.15) is 44.0 Å². The number of benzene rings is 1. The topological polar surface area (TPSA) is 51.0 Å². The van der Waals surface area contributed by atoms with Crippen LogP contribution < -0.4 is 5.32 Å². The van der Waals surface area contributed by atoms with E-state index in [1.54, 1.807) is 18.2 Å². The summed E-state index contributed by atoms with van der Waals surface area (Å²) in [5.41, 5.74) is 0.576. The van der Waals surface area contributed by atoms with Crippen LogP contribution in [-0.2, 0) is 6.42 Å². The van der Waals surface area contributed by atoms with Gasteiger partial charge in [0.25, 0.3) is 0 Å². The molecule has 114 valence electrons. The number of hydrogen-bond acceptors (Lipinski definition) is 4. The Labute approximate surface area is 124 Å². The normalized spacial score (nSPS) is 14.4. The summed E-state index contributed by atoms with van der Waals surface area (Å²) in [7, 11) is 1.91. The van der Waals surface area contributed by atoms with E-state index in [-0.39, 0.29) is 17.8 Å². The number of aromatic nitrogens is 2. The van der Waals surface area contributed by atoms with Crippen LogP contribution >= 0.6 is 0 Å². The highest BCUT2D eigenvalue weighted by Gasteiger charge is 2.27. The molecule has 1 aromatic carbocycles. The van der Waals surface area contributed by atoms with Crippen LogP contribution in [0, 0.1) is 11.7 Å². The van der Waals surface area contributed by atoms with Crippen LogP contribution in [-0.4, -0.2) is 23.2 Å². The Bertz CT molecular complexity index is 582. The van der Waals surface area contributed by atoms with E-state index in [1.165, 1.54) is 6.07 Å². The van der Waals surface area contributed by atoms with Crippen molar-refractivity contribution in [1.82, 2.24) is 15.5 Å². The van der Waals surface area contributed by atoms with Gasteiger partial charge in [0.2, 0.25) is 5.89 Å². The van der Waals surface area contributed by atoms with Crippen molar-refractivity contribution in [3.63, 3.8) is 0 Å². The van der Waals surface area contributed by atoms with Gasteiger partial charge >= 0.3 is 0 Å². The third-order valence-electron chi connectivity index (χ3n) is 3.79. The summed E-state index contributed by atoms with van der Waals surface area (Å²) >= 11 is 0. The van der Waals surface area contributed by atoms with Crippen molar-refractivity contribution in [3.8, 4) is 0 Å². The summed E-state index contributed by atoms with van der Waals surface area (Å²) in [6.45, 7) is 6.34. The molecule has 0 aliphatic rings. The molecule has 0 saturated heterocycles. The lowest BCUT2D eigenvalue weighted by atomic mass is 9.89. The molecule has 2 unspecified atom stereocenters. The fourth-order valence-corrected chi connectivity index (χ4v) is 2.54. The van der Waals surface area contributed by atoms with Gasteiger partial charge in [0.1, 0.15) is 5.82 Å². The molecule has 1 N–H and O–H groups in total. The van der Waals surface area contributed by atoms with E-state index >= 15 is 0 Å². The van der Waals surface area contributed by atoms with Gasteiger partial charge in [-0.05, 0) is 31.5 Å². The molecule has 4 nitrogen and oxygen atoms in total. The first kappa shape index (κ1) is 15.6. The zero-order chi connectivity index (χ0) is 15.4. The van der Waals surface area contributed by atoms with Crippen LogP contribution in [0.2, 0.25) is 0 Å². The van der Waals surface area contributed by atoms with Crippen LogP contribution in [0.5, 0.6) is 0 Å². The summed E-state index contributed by atoms with van der Waals surface area (Å²) in [5.74, 6) is 1.39. The maximum absolute atomic E-state index is 13.7. The summed E-state index contributed by atoms with van der Waals surface area (Å²) in [6.07, 6.45) is 0.342. The second kappa shape index (κ2) is 6.80. The van der Waals surface area contributed by atoms with Crippen LogP contribution in [0.3, 0.4) is 0 Å². The van der Waals surface area contributed by atoms with Crippen molar-refractivity contribution in [2.24, 2.45) is 5.92 Å². The molecule has 21 heavy (non-hydrogen) atoms. The molecule has 2 aromatic rings. The van der Waals surface area contributed by atoms with Crippen LogP contribution in [0.15, 0.2) is 28.8 Å². The summed E-state index contributed by atoms with van der Waals surface area (Å²) < 4.78 is 19.1. The third-order valence-corrected chi connectivity index (χ3v) is 3.79. The highest BCUT2D eigenvalue weighted by atomic mass is 19.1. The van der Waals surface area contributed by atoms with E-state index < -0.39 is 0 Å². The second-order valence-corrected chi connectivity index (χ2v) is 5.66. The van der Waals surface area contributed by atoms with Crippen molar-refractivity contribution < 1.29 is 8.91 Å². The van der Waals surface area contributed by atoms with Crippen molar-refractivity contribution in [2.45, 2.75) is 39.2 Å². The van der Waals surface area contributed by atoms with E-state index in [0.29, 0.717) is 29.6 Å². The molecule has 0 saturated carbocycles. The van der Waals surface area contributed by atoms with Gasteiger partial charge in [0.05, 0.1) is 5.92 Å². The fourth-order valence-electron chi connectivity index (χ4n) is 2.54. The number of hydrogen-bond donors (Lipinski definition) is 1. The van der Waals surface area contributed by atoms with Crippen LogP contribution in [0.4, 0.5) is 4.39 Å². The predicted octanol–water partition coefficient (Wildman–Crippen LogP) is 3.15.